The maximum atomic E-state index is 13.9. The van der Waals surface area contributed by atoms with Gasteiger partial charge in [0.15, 0.2) is 0 Å². The minimum atomic E-state index is -4.78. The number of carboxylic acids is 1. The standard InChI is InChI=1S/C24H22F3N3O5/c1-34-15-8-13(9-16(11-15)35-2)22-17-4-3-5-18(17)23(33)30(29-22)20-10-14(28-12-21(31)32)6-7-19(20)24(25,26)27/h6-11,28H,3-5,12H2,1-2H3,(H,31,32). The lowest BCUT2D eigenvalue weighted by Gasteiger charge is -2.18. The molecule has 2 N–H and O–H groups in total. The van der Waals surface area contributed by atoms with Crippen LogP contribution in [0.3, 0.4) is 0 Å². The van der Waals surface area contributed by atoms with E-state index in [0.29, 0.717) is 53.1 Å². The molecule has 4 rings (SSSR count). The zero-order chi connectivity index (χ0) is 25.3. The highest BCUT2D eigenvalue weighted by Crippen LogP contribution is 2.37. The van der Waals surface area contributed by atoms with Crippen molar-refractivity contribution in [3.05, 3.63) is 63.4 Å². The van der Waals surface area contributed by atoms with E-state index < -0.39 is 35.5 Å². The summed E-state index contributed by atoms with van der Waals surface area (Å²) < 4.78 is 53.1. The van der Waals surface area contributed by atoms with E-state index in [1.54, 1.807) is 18.2 Å². The Kier molecular flexibility index (Phi) is 6.42. The third-order valence-corrected chi connectivity index (χ3v) is 5.75. The Morgan fingerprint density at radius 1 is 1.09 bits per heavy atom. The van der Waals surface area contributed by atoms with Crippen molar-refractivity contribution in [3.63, 3.8) is 0 Å². The smallest absolute Gasteiger partial charge is 0.418 e. The number of hydrogen-bond acceptors (Lipinski definition) is 6. The van der Waals surface area contributed by atoms with E-state index in [-0.39, 0.29) is 5.69 Å². The molecule has 1 aliphatic rings. The molecule has 35 heavy (non-hydrogen) atoms. The van der Waals surface area contributed by atoms with Gasteiger partial charge >= 0.3 is 12.1 Å². The minimum Gasteiger partial charge on any atom is -0.497 e. The van der Waals surface area contributed by atoms with E-state index in [9.17, 15) is 22.8 Å². The van der Waals surface area contributed by atoms with Crippen LogP contribution in [0.1, 0.15) is 23.1 Å². The summed E-state index contributed by atoms with van der Waals surface area (Å²) in [6.07, 6.45) is -3.15. The lowest BCUT2D eigenvalue weighted by atomic mass is 10.0. The number of anilines is 1. The maximum Gasteiger partial charge on any atom is 0.418 e. The Labute approximate surface area is 197 Å². The molecule has 0 atom stereocenters. The first kappa shape index (κ1) is 24.1. The number of aromatic nitrogens is 2. The molecule has 184 valence electrons. The van der Waals surface area contributed by atoms with Crippen LogP contribution >= 0.6 is 0 Å². The summed E-state index contributed by atoms with van der Waals surface area (Å²) in [7, 11) is 2.95. The Bertz CT molecular complexity index is 1330. The molecule has 1 heterocycles. The monoisotopic (exact) mass is 489 g/mol. The second kappa shape index (κ2) is 9.32. The van der Waals surface area contributed by atoms with Gasteiger partial charge in [0.2, 0.25) is 0 Å². The third-order valence-electron chi connectivity index (χ3n) is 5.75. The van der Waals surface area contributed by atoms with Gasteiger partial charge in [-0.2, -0.15) is 23.0 Å². The summed E-state index contributed by atoms with van der Waals surface area (Å²) in [6.45, 7) is -0.508. The number of hydrogen-bond donors (Lipinski definition) is 2. The maximum absolute atomic E-state index is 13.9. The predicted molar refractivity (Wildman–Crippen MR) is 122 cm³/mol. The molecule has 0 radical (unpaired) electrons. The average molecular weight is 489 g/mol. The van der Waals surface area contributed by atoms with Crippen molar-refractivity contribution in [2.75, 3.05) is 26.1 Å². The number of carbonyl (C=O) groups is 1. The Hall–Kier alpha value is -4.02. The molecule has 1 aliphatic carbocycles. The molecule has 0 aliphatic heterocycles. The molecule has 8 nitrogen and oxygen atoms in total. The van der Waals surface area contributed by atoms with Crippen molar-refractivity contribution in [2.24, 2.45) is 0 Å². The highest BCUT2D eigenvalue weighted by molar-refractivity contribution is 5.73. The van der Waals surface area contributed by atoms with Gasteiger partial charge in [0.05, 0.1) is 31.2 Å². The van der Waals surface area contributed by atoms with Crippen molar-refractivity contribution in [1.82, 2.24) is 9.78 Å². The number of halogens is 3. The van der Waals surface area contributed by atoms with E-state index >= 15 is 0 Å². The number of nitrogens with one attached hydrogen (secondary N) is 1. The Morgan fingerprint density at radius 3 is 2.34 bits per heavy atom. The fourth-order valence-electron chi connectivity index (χ4n) is 4.15. The zero-order valence-corrected chi connectivity index (χ0v) is 18.9. The van der Waals surface area contributed by atoms with Gasteiger partial charge < -0.3 is 19.9 Å². The molecule has 0 bridgehead atoms. The van der Waals surface area contributed by atoms with Crippen LogP contribution in [0.2, 0.25) is 0 Å². The molecular weight excluding hydrogens is 467 g/mol. The molecule has 0 spiro atoms. The Morgan fingerprint density at radius 2 is 1.74 bits per heavy atom. The molecule has 0 saturated heterocycles. The summed E-state index contributed by atoms with van der Waals surface area (Å²) in [5, 5.41) is 15.8. The van der Waals surface area contributed by atoms with Crippen LogP contribution in [0.15, 0.2) is 41.2 Å². The molecule has 11 heteroatoms. The first-order valence-electron chi connectivity index (χ1n) is 10.7. The van der Waals surface area contributed by atoms with E-state index in [1.807, 2.05) is 0 Å². The lowest BCUT2D eigenvalue weighted by molar-refractivity contribution is -0.137. The normalized spacial score (nSPS) is 12.8. The first-order chi connectivity index (χ1) is 16.6. The van der Waals surface area contributed by atoms with E-state index in [1.165, 1.54) is 14.2 Å². The second-order valence-corrected chi connectivity index (χ2v) is 7.95. The number of rotatable bonds is 7. The van der Waals surface area contributed by atoms with Crippen LogP contribution in [-0.2, 0) is 23.8 Å². The largest absolute Gasteiger partial charge is 0.497 e. The number of alkyl halides is 3. The molecule has 2 aromatic carbocycles. The average Bonchev–Trinajstić information content (AvgIpc) is 3.32. The van der Waals surface area contributed by atoms with Crippen molar-refractivity contribution >= 4 is 11.7 Å². The number of benzene rings is 2. The zero-order valence-electron chi connectivity index (χ0n) is 18.9. The van der Waals surface area contributed by atoms with Gasteiger partial charge in [0.1, 0.15) is 18.0 Å². The molecule has 0 fully saturated rings. The third kappa shape index (κ3) is 4.79. The SMILES string of the molecule is COc1cc(OC)cc(-c2nn(-c3cc(NCC(=O)O)ccc3C(F)(F)F)c(=O)c3c2CCC3)c1. The van der Waals surface area contributed by atoms with Crippen molar-refractivity contribution in [2.45, 2.75) is 25.4 Å². The quantitative estimate of drug-likeness (QED) is 0.519. The van der Waals surface area contributed by atoms with Crippen molar-refractivity contribution in [3.8, 4) is 28.4 Å². The van der Waals surface area contributed by atoms with Gasteiger partial charge in [0.25, 0.3) is 5.56 Å². The van der Waals surface area contributed by atoms with Gasteiger partial charge in [-0.25, -0.2) is 0 Å². The van der Waals surface area contributed by atoms with Crippen LogP contribution in [0.25, 0.3) is 16.9 Å². The topological polar surface area (TPSA) is 103 Å². The Balaban J connectivity index is 1.98. The van der Waals surface area contributed by atoms with E-state index in [0.717, 1.165) is 22.9 Å². The van der Waals surface area contributed by atoms with Crippen LogP contribution < -0.4 is 20.3 Å². The van der Waals surface area contributed by atoms with E-state index in [4.69, 9.17) is 14.6 Å². The van der Waals surface area contributed by atoms with E-state index in [2.05, 4.69) is 10.4 Å². The number of fused-ring (bicyclic) bond motifs is 1. The van der Waals surface area contributed by atoms with Gasteiger partial charge in [-0.05, 0) is 55.2 Å². The highest BCUT2D eigenvalue weighted by Gasteiger charge is 2.35. The van der Waals surface area contributed by atoms with Gasteiger partial charge in [-0.15, -0.1) is 0 Å². The lowest BCUT2D eigenvalue weighted by Crippen LogP contribution is -2.28. The number of nitrogens with zero attached hydrogens (tertiary/aromatic N) is 2. The molecule has 0 amide bonds. The summed E-state index contributed by atoms with van der Waals surface area (Å²) >= 11 is 0. The number of methoxy groups -OCH3 is 2. The predicted octanol–water partition coefficient (Wildman–Crippen LogP) is 3.92. The molecule has 0 unspecified atom stereocenters. The fourth-order valence-corrected chi connectivity index (χ4v) is 4.15. The van der Waals surface area contributed by atoms with Crippen LogP contribution in [-0.4, -0.2) is 41.6 Å². The summed E-state index contributed by atoms with van der Waals surface area (Å²) in [4.78, 5) is 24.2. The summed E-state index contributed by atoms with van der Waals surface area (Å²) in [6, 6.07) is 7.99. The fraction of sp³-hybridized carbons (Fsp3) is 0.292. The minimum absolute atomic E-state index is 0.106. The first-order valence-corrected chi connectivity index (χ1v) is 10.7. The van der Waals surface area contributed by atoms with Crippen molar-refractivity contribution < 1.29 is 32.5 Å². The van der Waals surface area contributed by atoms with Gasteiger partial charge in [-0.1, -0.05) is 0 Å². The molecule has 3 aromatic rings. The van der Waals surface area contributed by atoms with Crippen LogP contribution in [0.5, 0.6) is 11.5 Å². The second-order valence-electron chi connectivity index (χ2n) is 7.95. The van der Waals surface area contributed by atoms with Crippen LogP contribution in [0.4, 0.5) is 18.9 Å². The number of aliphatic carboxylic acids is 1. The number of ether oxygens (including phenoxy) is 2. The highest BCUT2D eigenvalue weighted by atomic mass is 19.4. The number of carboxylic acid groups (broad SMARTS) is 1. The summed E-state index contributed by atoms with van der Waals surface area (Å²) in [5.74, 6) is -0.267. The van der Waals surface area contributed by atoms with Gasteiger partial charge in [0, 0.05) is 22.9 Å². The summed E-state index contributed by atoms with van der Waals surface area (Å²) in [5.41, 5.74) is -0.146. The van der Waals surface area contributed by atoms with Crippen molar-refractivity contribution in [1.29, 1.82) is 0 Å². The van der Waals surface area contributed by atoms with Gasteiger partial charge in [-0.3, -0.25) is 9.59 Å². The molecular formula is C24H22F3N3O5. The van der Waals surface area contributed by atoms with Crippen LogP contribution in [0, 0.1) is 0 Å². The molecule has 1 aromatic heterocycles. The molecule has 0 saturated carbocycles.